The second kappa shape index (κ2) is 11.1. The lowest BCUT2D eigenvalue weighted by Crippen LogP contribution is -2.41. The summed E-state index contributed by atoms with van der Waals surface area (Å²) in [5.41, 5.74) is 1.96. The predicted molar refractivity (Wildman–Crippen MR) is 118 cm³/mol. The van der Waals surface area contributed by atoms with Gasteiger partial charge in [0.15, 0.2) is 0 Å². The SMILES string of the molecule is CC(C)N(Cc1ccc(Cl)c(Cl)c1)C(=O)CCNC(=O)N(C)Cc1ccccc1. The topological polar surface area (TPSA) is 52.7 Å². The van der Waals surface area contributed by atoms with Crippen LogP contribution in [0.2, 0.25) is 10.0 Å². The third-order valence-corrected chi connectivity index (χ3v) is 5.24. The van der Waals surface area contributed by atoms with Gasteiger partial charge in [0.2, 0.25) is 5.91 Å². The van der Waals surface area contributed by atoms with E-state index >= 15 is 0 Å². The first-order valence-corrected chi connectivity index (χ1v) is 10.3. The summed E-state index contributed by atoms with van der Waals surface area (Å²) < 4.78 is 0. The van der Waals surface area contributed by atoms with Crippen molar-refractivity contribution in [3.05, 3.63) is 69.7 Å². The van der Waals surface area contributed by atoms with Gasteiger partial charge in [-0.05, 0) is 37.1 Å². The zero-order valence-electron chi connectivity index (χ0n) is 17.0. The van der Waals surface area contributed by atoms with Crippen molar-refractivity contribution in [3.63, 3.8) is 0 Å². The van der Waals surface area contributed by atoms with Crippen molar-refractivity contribution in [1.82, 2.24) is 15.1 Å². The fourth-order valence-corrected chi connectivity index (χ4v) is 3.20. The monoisotopic (exact) mass is 435 g/mol. The van der Waals surface area contributed by atoms with E-state index in [1.807, 2.05) is 50.2 Å². The van der Waals surface area contributed by atoms with Crippen LogP contribution < -0.4 is 5.32 Å². The number of urea groups is 1. The van der Waals surface area contributed by atoms with E-state index in [4.69, 9.17) is 23.2 Å². The minimum atomic E-state index is -0.206. The highest BCUT2D eigenvalue weighted by atomic mass is 35.5. The Labute approximate surface area is 182 Å². The highest BCUT2D eigenvalue weighted by Gasteiger charge is 2.18. The lowest BCUT2D eigenvalue weighted by molar-refractivity contribution is -0.133. The fourth-order valence-electron chi connectivity index (χ4n) is 2.88. The van der Waals surface area contributed by atoms with Gasteiger partial charge in [0, 0.05) is 39.1 Å². The number of amides is 3. The van der Waals surface area contributed by atoms with Crippen molar-refractivity contribution in [2.75, 3.05) is 13.6 Å². The zero-order valence-corrected chi connectivity index (χ0v) is 18.5. The van der Waals surface area contributed by atoms with E-state index in [1.54, 1.807) is 29.0 Å². The van der Waals surface area contributed by atoms with E-state index in [0.717, 1.165) is 11.1 Å². The Morgan fingerprint density at radius 1 is 0.966 bits per heavy atom. The van der Waals surface area contributed by atoms with E-state index in [0.29, 0.717) is 23.1 Å². The van der Waals surface area contributed by atoms with Crippen LogP contribution in [0, 0.1) is 0 Å². The van der Waals surface area contributed by atoms with Gasteiger partial charge in [-0.3, -0.25) is 4.79 Å². The number of hydrogen-bond acceptors (Lipinski definition) is 2. The van der Waals surface area contributed by atoms with Gasteiger partial charge in [-0.2, -0.15) is 0 Å². The molecule has 1 N–H and O–H groups in total. The zero-order chi connectivity index (χ0) is 21.4. The van der Waals surface area contributed by atoms with Gasteiger partial charge in [-0.15, -0.1) is 0 Å². The highest BCUT2D eigenvalue weighted by Crippen LogP contribution is 2.23. The lowest BCUT2D eigenvalue weighted by Gasteiger charge is -2.27. The number of nitrogens with one attached hydrogen (secondary N) is 1. The number of nitrogens with zero attached hydrogens (tertiary/aromatic N) is 2. The van der Waals surface area contributed by atoms with Crippen molar-refractivity contribution in [3.8, 4) is 0 Å². The van der Waals surface area contributed by atoms with Crippen LogP contribution in [-0.2, 0) is 17.9 Å². The number of hydrogen-bond donors (Lipinski definition) is 1. The molecule has 0 aliphatic rings. The standard InChI is InChI=1S/C22H27Cl2N3O2/c1-16(2)27(15-18-9-10-19(23)20(24)13-18)21(28)11-12-25-22(29)26(3)14-17-7-5-4-6-8-17/h4-10,13,16H,11-12,14-15H2,1-3H3,(H,25,29). The van der Waals surface area contributed by atoms with E-state index in [2.05, 4.69) is 5.32 Å². The summed E-state index contributed by atoms with van der Waals surface area (Å²) in [5, 5.41) is 3.76. The summed E-state index contributed by atoms with van der Waals surface area (Å²) in [6.45, 7) is 5.15. The Balaban J connectivity index is 1.84. The van der Waals surface area contributed by atoms with Crippen molar-refractivity contribution in [2.24, 2.45) is 0 Å². The van der Waals surface area contributed by atoms with Crippen LogP contribution in [-0.4, -0.2) is 41.4 Å². The quantitative estimate of drug-likeness (QED) is 0.636. The molecule has 0 spiro atoms. The van der Waals surface area contributed by atoms with E-state index < -0.39 is 0 Å². The molecule has 0 unspecified atom stereocenters. The maximum atomic E-state index is 12.7. The Morgan fingerprint density at radius 2 is 1.66 bits per heavy atom. The largest absolute Gasteiger partial charge is 0.337 e. The molecule has 3 amide bonds. The highest BCUT2D eigenvalue weighted by molar-refractivity contribution is 6.42. The van der Waals surface area contributed by atoms with Gasteiger partial charge < -0.3 is 15.1 Å². The Morgan fingerprint density at radius 3 is 2.28 bits per heavy atom. The van der Waals surface area contributed by atoms with E-state index in [9.17, 15) is 9.59 Å². The number of halogens is 2. The maximum absolute atomic E-state index is 12.7. The van der Waals surface area contributed by atoms with Gasteiger partial charge in [0.25, 0.3) is 0 Å². The van der Waals surface area contributed by atoms with Crippen molar-refractivity contribution < 1.29 is 9.59 Å². The Bertz CT molecular complexity index is 828. The van der Waals surface area contributed by atoms with Crippen LogP contribution >= 0.6 is 23.2 Å². The average molecular weight is 436 g/mol. The van der Waals surface area contributed by atoms with Crippen LogP contribution in [0.3, 0.4) is 0 Å². The molecule has 2 aromatic carbocycles. The molecule has 0 atom stereocenters. The minimum absolute atomic E-state index is 0.0217. The van der Waals surface area contributed by atoms with E-state index in [1.165, 1.54) is 0 Å². The molecule has 0 bridgehead atoms. The fraction of sp³-hybridized carbons (Fsp3) is 0.364. The first-order chi connectivity index (χ1) is 13.8. The second-order valence-corrected chi connectivity index (χ2v) is 8.00. The molecule has 0 aliphatic carbocycles. The molecule has 0 fully saturated rings. The first-order valence-electron chi connectivity index (χ1n) is 9.54. The average Bonchev–Trinajstić information content (AvgIpc) is 2.69. The molecule has 2 rings (SSSR count). The van der Waals surface area contributed by atoms with Crippen LogP contribution in [0.15, 0.2) is 48.5 Å². The van der Waals surface area contributed by atoms with Gasteiger partial charge in [-0.25, -0.2) is 4.79 Å². The molecular weight excluding hydrogens is 409 g/mol. The molecule has 0 radical (unpaired) electrons. The number of carbonyl (C=O) groups excluding carboxylic acids is 2. The normalized spacial score (nSPS) is 10.7. The molecule has 7 heteroatoms. The molecule has 0 aromatic heterocycles. The molecule has 2 aromatic rings. The van der Waals surface area contributed by atoms with Crippen LogP contribution in [0.1, 0.15) is 31.4 Å². The molecule has 0 saturated carbocycles. The van der Waals surface area contributed by atoms with Crippen molar-refractivity contribution >= 4 is 35.1 Å². The summed E-state index contributed by atoms with van der Waals surface area (Å²) >= 11 is 12.0. The van der Waals surface area contributed by atoms with E-state index in [-0.39, 0.29) is 30.9 Å². The molecule has 29 heavy (non-hydrogen) atoms. The van der Waals surface area contributed by atoms with Gasteiger partial charge in [0.05, 0.1) is 10.0 Å². The Hall–Kier alpha value is -2.24. The Kier molecular flexibility index (Phi) is 8.80. The molecule has 0 saturated heterocycles. The van der Waals surface area contributed by atoms with Crippen LogP contribution in [0.25, 0.3) is 0 Å². The minimum Gasteiger partial charge on any atom is -0.337 e. The number of carbonyl (C=O) groups is 2. The molecule has 5 nitrogen and oxygen atoms in total. The lowest BCUT2D eigenvalue weighted by atomic mass is 10.1. The molecule has 0 aliphatic heterocycles. The summed E-state index contributed by atoms with van der Waals surface area (Å²) in [5.74, 6) is -0.0305. The second-order valence-electron chi connectivity index (χ2n) is 7.19. The van der Waals surface area contributed by atoms with Crippen LogP contribution in [0.5, 0.6) is 0 Å². The molecule has 0 heterocycles. The third-order valence-electron chi connectivity index (χ3n) is 4.50. The third kappa shape index (κ3) is 7.26. The predicted octanol–water partition coefficient (Wildman–Crippen LogP) is 4.96. The smallest absolute Gasteiger partial charge is 0.317 e. The van der Waals surface area contributed by atoms with Gasteiger partial charge in [0.1, 0.15) is 0 Å². The summed E-state index contributed by atoms with van der Waals surface area (Å²) in [4.78, 5) is 28.3. The number of rotatable bonds is 8. The van der Waals surface area contributed by atoms with Crippen molar-refractivity contribution in [1.29, 1.82) is 0 Å². The van der Waals surface area contributed by atoms with Crippen molar-refractivity contribution in [2.45, 2.75) is 39.4 Å². The summed E-state index contributed by atoms with van der Waals surface area (Å²) in [7, 11) is 1.73. The number of benzene rings is 2. The summed E-state index contributed by atoms with van der Waals surface area (Å²) in [6, 6.07) is 14.9. The first kappa shape index (κ1) is 23.0. The maximum Gasteiger partial charge on any atom is 0.317 e. The molecular formula is C22H27Cl2N3O2. The van der Waals surface area contributed by atoms with Gasteiger partial charge in [-0.1, -0.05) is 59.6 Å². The molecule has 156 valence electrons. The van der Waals surface area contributed by atoms with Gasteiger partial charge >= 0.3 is 6.03 Å². The van der Waals surface area contributed by atoms with Crippen LogP contribution in [0.4, 0.5) is 4.79 Å². The summed E-state index contributed by atoms with van der Waals surface area (Å²) in [6.07, 6.45) is 0.227.